The summed E-state index contributed by atoms with van der Waals surface area (Å²) in [6.45, 7) is 0.280. The van der Waals surface area contributed by atoms with E-state index in [9.17, 15) is 8.78 Å². The average Bonchev–Trinajstić information content (AvgIpc) is 2.36. The number of ether oxygens (including phenoxy) is 2. The molecule has 0 aromatic heterocycles. The van der Waals surface area contributed by atoms with Gasteiger partial charge in [0.25, 0.3) is 0 Å². The van der Waals surface area contributed by atoms with Crippen LogP contribution < -0.4 is 15.2 Å². The lowest BCUT2D eigenvalue weighted by atomic mass is 10.2. The number of benzene rings is 1. The Labute approximate surface area is 73.1 Å². The summed E-state index contributed by atoms with van der Waals surface area (Å²) in [5.41, 5.74) is 6.05. The van der Waals surface area contributed by atoms with Crippen LogP contribution in [0.1, 0.15) is 5.56 Å². The molecule has 3 nitrogen and oxygen atoms in total. The first-order chi connectivity index (χ1) is 6.11. The Kier molecular flexibility index (Phi) is 1.63. The van der Waals surface area contributed by atoms with Crippen molar-refractivity contribution in [3.63, 3.8) is 0 Å². The van der Waals surface area contributed by atoms with Crippen LogP contribution in [0, 0.1) is 0 Å². The van der Waals surface area contributed by atoms with E-state index in [0.717, 1.165) is 5.56 Å². The summed E-state index contributed by atoms with van der Waals surface area (Å²) in [6, 6.07) is 4.47. The lowest BCUT2D eigenvalue weighted by Gasteiger charge is -2.04. The molecule has 0 amide bonds. The molecule has 1 aromatic rings. The molecule has 1 aliphatic heterocycles. The van der Waals surface area contributed by atoms with Gasteiger partial charge < -0.3 is 15.2 Å². The van der Waals surface area contributed by atoms with Crippen LogP contribution in [-0.2, 0) is 6.54 Å². The van der Waals surface area contributed by atoms with Crippen LogP contribution >= 0.6 is 0 Å². The molecule has 0 atom stereocenters. The third kappa shape index (κ3) is 1.42. The van der Waals surface area contributed by atoms with Crippen LogP contribution in [0.25, 0.3) is 0 Å². The summed E-state index contributed by atoms with van der Waals surface area (Å²) in [7, 11) is 0. The van der Waals surface area contributed by atoms with Gasteiger partial charge >= 0.3 is 6.29 Å². The molecule has 0 bridgehead atoms. The smallest absolute Gasteiger partial charge is 0.395 e. The molecule has 1 heterocycles. The van der Waals surface area contributed by atoms with Crippen molar-refractivity contribution >= 4 is 0 Å². The van der Waals surface area contributed by atoms with E-state index in [2.05, 4.69) is 9.47 Å². The highest BCUT2D eigenvalue weighted by Gasteiger charge is 2.43. The van der Waals surface area contributed by atoms with Crippen molar-refractivity contribution in [3.8, 4) is 11.5 Å². The Balaban J connectivity index is 2.36. The normalized spacial score (nSPS) is 17.5. The lowest BCUT2D eigenvalue weighted by molar-refractivity contribution is -0.286. The van der Waals surface area contributed by atoms with Crippen LogP contribution in [0.5, 0.6) is 11.5 Å². The zero-order valence-corrected chi connectivity index (χ0v) is 6.59. The van der Waals surface area contributed by atoms with E-state index >= 15 is 0 Å². The van der Waals surface area contributed by atoms with Gasteiger partial charge in [0, 0.05) is 6.54 Å². The van der Waals surface area contributed by atoms with Crippen LogP contribution in [0.3, 0.4) is 0 Å². The Hall–Kier alpha value is -1.36. The van der Waals surface area contributed by atoms with Crippen molar-refractivity contribution in [1.29, 1.82) is 0 Å². The molecule has 0 unspecified atom stereocenters. The van der Waals surface area contributed by atoms with Crippen molar-refractivity contribution in [3.05, 3.63) is 23.8 Å². The molecule has 1 aliphatic rings. The molecule has 5 heteroatoms. The summed E-state index contributed by atoms with van der Waals surface area (Å²) in [4.78, 5) is 0. The van der Waals surface area contributed by atoms with E-state index in [1.807, 2.05) is 0 Å². The maximum Gasteiger partial charge on any atom is 0.586 e. The molecule has 0 radical (unpaired) electrons. The highest BCUT2D eigenvalue weighted by atomic mass is 19.3. The van der Waals surface area contributed by atoms with Gasteiger partial charge in [-0.3, -0.25) is 0 Å². The summed E-state index contributed by atoms with van der Waals surface area (Å²) in [5, 5.41) is 0. The number of hydrogen-bond donors (Lipinski definition) is 1. The molecule has 0 fully saturated rings. The largest absolute Gasteiger partial charge is 0.586 e. The fourth-order valence-corrected chi connectivity index (χ4v) is 1.12. The van der Waals surface area contributed by atoms with Gasteiger partial charge in [-0.2, -0.15) is 0 Å². The molecule has 2 rings (SSSR count). The van der Waals surface area contributed by atoms with E-state index < -0.39 is 6.29 Å². The molecule has 1 aromatic carbocycles. The Morgan fingerprint density at radius 2 is 1.92 bits per heavy atom. The minimum Gasteiger partial charge on any atom is -0.395 e. The van der Waals surface area contributed by atoms with Crippen molar-refractivity contribution in [2.75, 3.05) is 0 Å². The molecule has 2 N–H and O–H groups in total. The first kappa shape index (κ1) is 8.25. The van der Waals surface area contributed by atoms with Gasteiger partial charge in [-0.25, -0.2) is 0 Å². The number of fused-ring (bicyclic) bond motifs is 1. The van der Waals surface area contributed by atoms with Gasteiger partial charge in [-0.1, -0.05) is 6.07 Å². The number of alkyl halides is 2. The van der Waals surface area contributed by atoms with Crippen LogP contribution in [-0.4, -0.2) is 6.29 Å². The van der Waals surface area contributed by atoms with E-state index in [0.29, 0.717) is 0 Å². The van der Waals surface area contributed by atoms with Crippen molar-refractivity contribution < 1.29 is 18.3 Å². The molecule has 0 saturated heterocycles. The maximum atomic E-state index is 12.5. The van der Waals surface area contributed by atoms with E-state index in [1.165, 1.54) is 12.1 Å². The number of hydrogen-bond acceptors (Lipinski definition) is 3. The summed E-state index contributed by atoms with van der Waals surface area (Å²) < 4.78 is 33.4. The van der Waals surface area contributed by atoms with Gasteiger partial charge in [0.15, 0.2) is 11.5 Å². The van der Waals surface area contributed by atoms with Crippen LogP contribution in [0.2, 0.25) is 0 Å². The third-order valence-corrected chi connectivity index (χ3v) is 1.70. The predicted molar refractivity (Wildman–Crippen MR) is 40.5 cm³/mol. The van der Waals surface area contributed by atoms with Crippen LogP contribution in [0.4, 0.5) is 8.78 Å². The predicted octanol–water partition coefficient (Wildman–Crippen LogP) is 1.47. The lowest BCUT2D eigenvalue weighted by Crippen LogP contribution is -2.25. The minimum atomic E-state index is -3.55. The fourth-order valence-electron chi connectivity index (χ4n) is 1.12. The highest BCUT2D eigenvalue weighted by molar-refractivity contribution is 5.45. The fraction of sp³-hybridized carbons (Fsp3) is 0.250. The zero-order chi connectivity index (χ0) is 9.47. The molecular formula is C8H7F2NO2. The second-order valence-corrected chi connectivity index (χ2v) is 2.65. The van der Waals surface area contributed by atoms with Gasteiger partial charge in [0.2, 0.25) is 0 Å². The number of nitrogens with two attached hydrogens (primary N) is 1. The third-order valence-electron chi connectivity index (χ3n) is 1.70. The van der Waals surface area contributed by atoms with E-state index in [1.54, 1.807) is 6.07 Å². The Bertz CT molecular complexity index is 341. The second kappa shape index (κ2) is 2.56. The Morgan fingerprint density at radius 1 is 1.23 bits per heavy atom. The Morgan fingerprint density at radius 3 is 2.62 bits per heavy atom. The summed E-state index contributed by atoms with van der Waals surface area (Å²) in [5.74, 6) is 0.0788. The number of rotatable bonds is 1. The molecule has 0 saturated carbocycles. The molecule has 13 heavy (non-hydrogen) atoms. The summed E-state index contributed by atoms with van der Waals surface area (Å²) in [6.07, 6.45) is -3.55. The maximum absolute atomic E-state index is 12.5. The topological polar surface area (TPSA) is 44.5 Å². The highest BCUT2D eigenvalue weighted by Crippen LogP contribution is 2.40. The standard InChI is InChI=1S/C8H7F2NO2/c9-8(10)12-6-2-1-5(4-11)3-7(6)13-8/h1-3H,4,11H2. The molecule has 70 valence electrons. The minimum absolute atomic E-state index is 0.0351. The molecular weight excluding hydrogens is 180 g/mol. The molecule has 0 aliphatic carbocycles. The van der Waals surface area contributed by atoms with Gasteiger partial charge in [0.1, 0.15) is 0 Å². The second-order valence-electron chi connectivity index (χ2n) is 2.65. The first-order valence-electron chi connectivity index (χ1n) is 3.69. The summed E-state index contributed by atoms with van der Waals surface area (Å²) >= 11 is 0. The van der Waals surface area contributed by atoms with E-state index in [-0.39, 0.29) is 18.0 Å². The first-order valence-corrected chi connectivity index (χ1v) is 3.69. The quantitative estimate of drug-likeness (QED) is 0.723. The van der Waals surface area contributed by atoms with Gasteiger partial charge in [-0.05, 0) is 17.7 Å². The van der Waals surface area contributed by atoms with Crippen molar-refractivity contribution in [2.24, 2.45) is 5.73 Å². The monoisotopic (exact) mass is 187 g/mol. The van der Waals surface area contributed by atoms with Crippen molar-refractivity contribution in [1.82, 2.24) is 0 Å². The zero-order valence-electron chi connectivity index (χ0n) is 6.59. The molecule has 0 spiro atoms. The number of halogens is 2. The van der Waals surface area contributed by atoms with Crippen LogP contribution in [0.15, 0.2) is 18.2 Å². The average molecular weight is 187 g/mol. The van der Waals surface area contributed by atoms with Crippen molar-refractivity contribution in [2.45, 2.75) is 12.8 Å². The van der Waals surface area contributed by atoms with E-state index in [4.69, 9.17) is 5.73 Å². The van der Waals surface area contributed by atoms with Gasteiger partial charge in [-0.15, -0.1) is 8.78 Å². The SMILES string of the molecule is NCc1ccc2c(c1)OC(F)(F)O2. The van der Waals surface area contributed by atoms with Gasteiger partial charge in [0.05, 0.1) is 0 Å².